The van der Waals surface area contributed by atoms with Crippen molar-refractivity contribution in [1.82, 2.24) is 14.9 Å². The van der Waals surface area contributed by atoms with Crippen molar-refractivity contribution < 1.29 is 9.18 Å². The molecule has 0 fully saturated rings. The van der Waals surface area contributed by atoms with Crippen molar-refractivity contribution in [3.63, 3.8) is 0 Å². The number of carbonyl (C=O) groups excluding carboxylic acids is 1. The Balaban J connectivity index is 1.45. The number of nitrogens with zero attached hydrogens (tertiary/aromatic N) is 2. The lowest BCUT2D eigenvalue weighted by molar-refractivity contribution is -0.121. The standard InChI is InChI=1S/C28H24FN3OS/c29-22-11-9-20(10-12-22)18-32-19-25(23-6-1-2-7-26(23)32)24(27-8-4-14-34-27)15-28(33)31-17-21-5-3-13-30-16-21/h1-14,16,19,24H,15,17-18H2,(H,31,33)/t24-/m0/s1. The molecule has 0 unspecified atom stereocenters. The van der Waals surface area contributed by atoms with Gasteiger partial charge >= 0.3 is 0 Å². The molecule has 0 aliphatic heterocycles. The van der Waals surface area contributed by atoms with Gasteiger partial charge in [-0.25, -0.2) is 4.39 Å². The molecule has 0 aliphatic rings. The summed E-state index contributed by atoms with van der Waals surface area (Å²) in [6.45, 7) is 1.08. The highest BCUT2D eigenvalue weighted by molar-refractivity contribution is 7.10. The fourth-order valence-electron chi connectivity index (χ4n) is 4.28. The van der Waals surface area contributed by atoms with E-state index in [0.29, 0.717) is 19.5 Å². The minimum atomic E-state index is -0.239. The number of amides is 1. The summed E-state index contributed by atoms with van der Waals surface area (Å²) in [6, 6.07) is 22.8. The van der Waals surface area contributed by atoms with Gasteiger partial charge in [-0.15, -0.1) is 11.3 Å². The van der Waals surface area contributed by atoms with Gasteiger partial charge in [0.15, 0.2) is 0 Å². The van der Waals surface area contributed by atoms with Gasteiger partial charge in [0, 0.05) is 59.8 Å². The summed E-state index contributed by atoms with van der Waals surface area (Å²) >= 11 is 1.66. The normalized spacial score (nSPS) is 12.0. The Morgan fingerprint density at radius 1 is 1.00 bits per heavy atom. The zero-order chi connectivity index (χ0) is 23.3. The van der Waals surface area contributed by atoms with E-state index >= 15 is 0 Å². The molecular formula is C28H24FN3OS. The monoisotopic (exact) mass is 469 g/mol. The molecule has 1 amide bonds. The topological polar surface area (TPSA) is 46.9 Å². The van der Waals surface area contributed by atoms with Crippen molar-refractivity contribution in [3.8, 4) is 0 Å². The number of pyridine rings is 1. The number of halogens is 1. The van der Waals surface area contributed by atoms with Crippen LogP contribution in [0, 0.1) is 5.82 Å². The van der Waals surface area contributed by atoms with Crippen molar-refractivity contribution in [2.24, 2.45) is 0 Å². The van der Waals surface area contributed by atoms with Crippen LogP contribution in [0.2, 0.25) is 0 Å². The summed E-state index contributed by atoms with van der Waals surface area (Å²) in [5.41, 5.74) is 4.21. The quantitative estimate of drug-likeness (QED) is 0.297. The van der Waals surface area contributed by atoms with Crippen LogP contribution in [0.5, 0.6) is 0 Å². The van der Waals surface area contributed by atoms with Crippen LogP contribution in [0.25, 0.3) is 10.9 Å². The summed E-state index contributed by atoms with van der Waals surface area (Å²) < 4.78 is 15.6. The van der Waals surface area contributed by atoms with Gasteiger partial charge in [0.05, 0.1) is 0 Å². The van der Waals surface area contributed by atoms with Gasteiger partial charge in [-0.05, 0) is 52.4 Å². The largest absolute Gasteiger partial charge is 0.352 e. The van der Waals surface area contributed by atoms with Crippen LogP contribution in [-0.4, -0.2) is 15.5 Å². The molecule has 0 radical (unpaired) electrons. The number of thiophene rings is 1. The van der Waals surface area contributed by atoms with E-state index in [0.717, 1.165) is 32.5 Å². The molecule has 0 aliphatic carbocycles. The van der Waals surface area contributed by atoms with E-state index in [-0.39, 0.29) is 17.6 Å². The Bertz CT molecular complexity index is 1380. The molecule has 0 bridgehead atoms. The SMILES string of the molecule is O=C(C[C@H](c1cccs1)c1cn(Cc2ccc(F)cc2)c2ccccc12)NCc1cccnc1. The number of fused-ring (bicyclic) bond motifs is 1. The smallest absolute Gasteiger partial charge is 0.221 e. The summed E-state index contributed by atoms with van der Waals surface area (Å²) in [5.74, 6) is -0.303. The highest BCUT2D eigenvalue weighted by atomic mass is 32.1. The van der Waals surface area contributed by atoms with Gasteiger partial charge in [0.1, 0.15) is 5.82 Å². The molecular weight excluding hydrogens is 445 g/mol. The fraction of sp³-hybridized carbons (Fsp3) is 0.143. The van der Waals surface area contributed by atoms with E-state index in [9.17, 15) is 9.18 Å². The maximum atomic E-state index is 13.4. The minimum Gasteiger partial charge on any atom is -0.352 e. The van der Waals surface area contributed by atoms with Crippen LogP contribution < -0.4 is 5.32 Å². The second kappa shape index (κ2) is 10.0. The zero-order valence-corrected chi connectivity index (χ0v) is 19.3. The summed E-state index contributed by atoms with van der Waals surface area (Å²) in [4.78, 5) is 18.3. The van der Waals surface area contributed by atoms with E-state index in [1.54, 1.807) is 23.7 Å². The molecule has 3 aromatic heterocycles. The first-order valence-corrected chi connectivity index (χ1v) is 12.1. The molecule has 34 heavy (non-hydrogen) atoms. The lowest BCUT2D eigenvalue weighted by Gasteiger charge is -2.15. The van der Waals surface area contributed by atoms with Crippen LogP contribution in [-0.2, 0) is 17.9 Å². The highest BCUT2D eigenvalue weighted by Gasteiger charge is 2.23. The number of para-hydroxylation sites is 1. The predicted octanol–water partition coefficient (Wildman–Crippen LogP) is 6.12. The Kier molecular flexibility index (Phi) is 6.49. The second-order valence-electron chi connectivity index (χ2n) is 8.27. The third-order valence-corrected chi connectivity index (χ3v) is 6.94. The van der Waals surface area contributed by atoms with Crippen LogP contribution >= 0.6 is 11.3 Å². The third-order valence-electron chi connectivity index (χ3n) is 5.95. The van der Waals surface area contributed by atoms with Crippen molar-refractivity contribution in [1.29, 1.82) is 0 Å². The number of rotatable bonds is 8. The molecule has 6 heteroatoms. The molecule has 2 aromatic carbocycles. The first kappa shape index (κ1) is 22.0. The minimum absolute atomic E-state index is 0.00220. The first-order chi connectivity index (χ1) is 16.7. The molecule has 0 saturated carbocycles. The molecule has 3 heterocycles. The number of hydrogen-bond donors (Lipinski definition) is 1. The van der Waals surface area contributed by atoms with E-state index in [1.165, 1.54) is 12.1 Å². The van der Waals surface area contributed by atoms with Crippen molar-refractivity contribution in [2.75, 3.05) is 0 Å². The first-order valence-electron chi connectivity index (χ1n) is 11.2. The summed E-state index contributed by atoms with van der Waals surface area (Å²) in [5, 5.41) is 6.22. The molecule has 1 N–H and O–H groups in total. The van der Waals surface area contributed by atoms with E-state index < -0.39 is 0 Å². The van der Waals surface area contributed by atoms with Crippen LogP contribution in [0.15, 0.2) is 96.8 Å². The van der Waals surface area contributed by atoms with E-state index in [4.69, 9.17) is 0 Å². The second-order valence-corrected chi connectivity index (χ2v) is 9.25. The predicted molar refractivity (Wildman–Crippen MR) is 134 cm³/mol. The molecule has 0 saturated heterocycles. The van der Waals surface area contributed by atoms with Crippen molar-refractivity contribution in [3.05, 3.63) is 124 Å². The molecule has 5 aromatic rings. The Morgan fingerprint density at radius 2 is 1.85 bits per heavy atom. The van der Waals surface area contributed by atoms with Gasteiger partial charge in [-0.1, -0.05) is 42.5 Å². The van der Waals surface area contributed by atoms with Gasteiger partial charge in [0.2, 0.25) is 5.91 Å². The van der Waals surface area contributed by atoms with Crippen LogP contribution in [0.3, 0.4) is 0 Å². The van der Waals surface area contributed by atoms with Gasteiger partial charge < -0.3 is 9.88 Å². The number of carbonyl (C=O) groups is 1. The third kappa shape index (κ3) is 4.92. The molecule has 4 nitrogen and oxygen atoms in total. The molecule has 170 valence electrons. The van der Waals surface area contributed by atoms with Crippen molar-refractivity contribution in [2.45, 2.75) is 25.4 Å². The summed E-state index contributed by atoms with van der Waals surface area (Å²) in [6.07, 6.45) is 5.98. The van der Waals surface area contributed by atoms with Gasteiger partial charge in [-0.3, -0.25) is 9.78 Å². The number of aromatic nitrogens is 2. The Morgan fingerprint density at radius 3 is 2.62 bits per heavy atom. The lowest BCUT2D eigenvalue weighted by Crippen LogP contribution is -2.24. The van der Waals surface area contributed by atoms with Crippen LogP contribution in [0.1, 0.15) is 33.9 Å². The van der Waals surface area contributed by atoms with Crippen LogP contribution in [0.4, 0.5) is 4.39 Å². The van der Waals surface area contributed by atoms with Gasteiger partial charge in [-0.2, -0.15) is 0 Å². The number of hydrogen-bond acceptors (Lipinski definition) is 3. The molecule has 5 rings (SSSR count). The Labute approximate surface area is 201 Å². The number of benzene rings is 2. The average Bonchev–Trinajstić information content (AvgIpc) is 3.52. The van der Waals surface area contributed by atoms with E-state index in [1.807, 2.05) is 47.8 Å². The fourth-order valence-corrected chi connectivity index (χ4v) is 5.13. The summed E-state index contributed by atoms with van der Waals surface area (Å²) in [7, 11) is 0. The average molecular weight is 470 g/mol. The van der Waals surface area contributed by atoms with E-state index in [2.05, 4.69) is 39.3 Å². The maximum Gasteiger partial charge on any atom is 0.221 e. The number of nitrogens with one attached hydrogen (secondary N) is 1. The van der Waals surface area contributed by atoms with Crippen molar-refractivity contribution >= 4 is 28.1 Å². The zero-order valence-electron chi connectivity index (χ0n) is 18.5. The highest BCUT2D eigenvalue weighted by Crippen LogP contribution is 2.37. The maximum absolute atomic E-state index is 13.4. The molecule has 0 spiro atoms. The van der Waals surface area contributed by atoms with Gasteiger partial charge in [0.25, 0.3) is 0 Å². The molecule has 1 atom stereocenters. The Hall–Kier alpha value is -3.77. The lowest BCUT2D eigenvalue weighted by atomic mass is 9.93.